The van der Waals surface area contributed by atoms with Gasteiger partial charge in [-0.25, -0.2) is 0 Å². The molecule has 6 nitrogen and oxygen atoms in total. The lowest BCUT2D eigenvalue weighted by Crippen LogP contribution is -2.52. The van der Waals surface area contributed by atoms with Gasteiger partial charge < -0.3 is 20.4 Å². The van der Waals surface area contributed by atoms with Crippen molar-refractivity contribution in [3.8, 4) is 0 Å². The highest BCUT2D eigenvalue weighted by Gasteiger charge is 2.42. The molecule has 2 rings (SSSR count). The topological polar surface area (TPSA) is 60.0 Å². The normalized spacial score (nSPS) is 20.8. The minimum absolute atomic E-state index is 0. The van der Waals surface area contributed by atoms with Crippen molar-refractivity contribution in [1.29, 1.82) is 0 Å². The molecule has 1 heterocycles. The molecule has 0 bridgehead atoms. The maximum absolute atomic E-state index is 12.7. The summed E-state index contributed by atoms with van der Waals surface area (Å²) in [4.78, 5) is 21.4. The van der Waals surface area contributed by atoms with Crippen molar-refractivity contribution in [3.05, 3.63) is 0 Å². The van der Waals surface area contributed by atoms with Gasteiger partial charge in [-0.3, -0.25) is 9.79 Å². The van der Waals surface area contributed by atoms with Gasteiger partial charge in [-0.05, 0) is 38.6 Å². The number of rotatable bonds is 7. The van der Waals surface area contributed by atoms with Crippen LogP contribution in [0.4, 0.5) is 0 Å². The largest absolute Gasteiger partial charge is 0.355 e. The summed E-state index contributed by atoms with van der Waals surface area (Å²) < 4.78 is 0. The van der Waals surface area contributed by atoms with Crippen LogP contribution in [0.5, 0.6) is 0 Å². The van der Waals surface area contributed by atoms with Crippen LogP contribution in [-0.2, 0) is 4.79 Å². The van der Waals surface area contributed by atoms with Gasteiger partial charge in [0.05, 0.1) is 5.41 Å². The smallest absolute Gasteiger partial charge is 0.230 e. The predicted octanol–water partition coefficient (Wildman–Crippen LogP) is 2.68. The Morgan fingerprint density at radius 2 is 1.85 bits per heavy atom. The highest BCUT2D eigenvalue weighted by molar-refractivity contribution is 14.0. The molecule has 1 amide bonds. The second-order valence-corrected chi connectivity index (χ2v) is 8.23. The molecule has 1 saturated carbocycles. The Morgan fingerprint density at radius 1 is 1.22 bits per heavy atom. The second-order valence-electron chi connectivity index (χ2n) is 8.23. The molecule has 2 fully saturated rings. The number of hydrogen-bond acceptors (Lipinski definition) is 3. The number of carbonyl (C=O) groups is 1. The second kappa shape index (κ2) is 12.1. The van der Waals surface area contributed by atoms with Crippen molar-refractivity contribution in [1.82, 2.24) is 20.4 Å². The number of unbranched alkanes of at least 4 members (excludes halogenated alkanes) is 1. The fourth-order valence-corrected chi connectivity index (χ4v) is 4.32. The fourth-order valence-electron chi connectivity index (χ4n) is 4.32. The molecule has 7 heteroatoms. The minimum Gasteiger partial charge on any atom is -0.355 e. The van der Waals surface area contributed by atoms with Gasteiger partial charge in [-0.1, -0.05) is 26.2 Å². The molecule has 2 N–H and O–H groups in total. The van der Waals surface area contributed by atoms with E-state index in [2.05, 4.69) is 27.4 Å². The first-order chi connectivity index (χ1) is 12.5. The van der Waals surface area contributed by atoms with Crippen LogP contribution < -0.4 is 10.6 Å². The molecule has 27 heavy (non-hydrogen) atoms. The van der Waals surface area contributed by atoms with E-state index in [1.54, 1.807) is 4.90 Å². The third-order valence-electron chi connectivity index (χ3n) is 5.99. The van der Waals surface area contributed by atoms with Gasteiger partial charge in [0.15, 0.2) is 5.96 Å². The zero-order chi connectivity index (χ0) is 19.0. The quantitative estimate of drug-likeness (QED) is 0.325. The van der Waals surface area contributed by atoms with E-state index in [9.17, 15) is 4.79 Å². The summed E-state index contributed by atoms with van der Waals surface area (Å²) in [6.07, 6.45) is 9.12. The van der Waals surface area contributed by atoms with Gasteiger partial charge in [0, 0.05) is 46.8 Å². The number of halogens is 1. The molecule has 0 atom stereocenters. The van der Waals surface area contributed by atoms with Gasteiger partial charge in [-0.2, -0.15) is 0 Å². The maximum atomic E-state index is 12.7. The number of guanidine groups is 1. The number of piperidine rings is 1. The minimum atomic E-state index is -0.259. The molecule has 0 spiro atoms. The molecule has 0 unspecified atom stereocenters. The van der Waals surface area contributed by atoms with Gasteiger partial charge in [0.2, 0.25) is 5.91 Å². The van der Waals surface area contributed by atoms with Crippen LogP contribution >= 0.6 is 24.0 Å². The third kappa shape index (κ3) is 7.07. The molecular formula is C20H40IN5O. The van der Waals surface area contributed by atoms with E-state index in [1.165, 1.54) is 19.4 Å². The van der Waals surface area contributed by atoms with E-state index >= 15 is 0 Å². The number of nitrogens with one attached hydrogen (secondary N) is 2. The Balaban J connectivity index is 0.00000364. The third-order valence-corrected chi connectivity index (χ3v) is 5.99. The van der Waals surface area contributed by atoms with Crippen LogP contribution in [0.1, 0.15) is 58.3 Å². The Morgan fingerprint density at radius 3 is 2.37 bits per heavy atom. The Bertz CT molecular complexity index is 469. The molecule has 1 aliphatic carbocycles. The van der Waals surface area contributed by atoms with Crippen LogP contribution in [0.3, 0.4) is 0 Å². The lowest BCUT2D eigenvalue weighted by Gasteiger charge is -2.34. The lowest BCUT2D eigenvalue weighted by molar-refractivity contribution is -0.138. The first kappa shape index (κ1) is 24.5. The molecule has 0 radical (unpaired) electrons. The van der Waals surface area contributed by atoms with E-state index < -0.39 is 0 Å². The summed E-state index contributed by atoms with van der Waals surface area (Å²) in [6.45, 7) is 6.49. The Kier molecular flexibility index (Phi) is 11.0. The van der Waals surface area contributed by atoms with E-state index in [0.29, 0.717) is 12.6 Å². The van der Waals surface area contributed by atoms with Crippen molar-refractivity contribution in [2.45, 2.75) is 64.3 Å². The van der Waals surface area contributed by atoms with Crippen molar-refractivity contribution < 1.29 is 4.79 Å². The van der Waals surface area contributed by atoms with E-state index in [1.807, 2.05) is 21.1 Å². The van der Waals surface area contributed by atoms with Crippen molar-refractivity contribution in [2.24, 2.45) is 10.4 Å². The Hall–Kier alpha value is -0.570. The average molecular weight is 493 g/mol. The number of amides is 1. The van der Waals surface area contributed by atoms with Gasteiger partial charge in [0.25, 0.3) is 0 Å². The number of carbonyl (C=O) groups excluding carboxylic acids is 1. The number of aliphatic imine (C=N–C) groups is 1. The van der Waals surface area contributed by atoms with Crippen LogP contribution in [0.15, 0.2) is 4.99 Å². The maximum Gasteiger partial charge on any atom is 0.230 e. The van der Waals surface area contributed by atoms with E-state index in [0.717, 1.165) is 57.6 Å². The molecule has 1 aliphatic heterocycles. The fraction of sp³-hybridized carbons (Fsp3) is 0.900. The predicted molar refractivity (Wildman–Crippen MR) is 124 cm³/mol. The van der Waals surface area contributed by atoms with Gasteiger partial charge in [-0.15, -0.1) is 24.0 Å². The van der Waals surface area contributed by atoms with Crippen molar-refractivity contribution in [3.63, 3.8) is 0 Å². The summed E-state index contributed by atoms with van der Waals surface area (Å²) in [5.74, 6) is 1.09. The van der Waals surface area contributed by atoms with Crippen molar-refractivity contribution in [2.75, 3.05) is 47.3 Å². The van der Waals surface area contributed by atoms with Crippen LogP contribution in [0.2, 0.25) is 0 Å². The van der Waals surface area contributed by atoms with Crippen molar-refractivity contribution >= 4 is 35.8 Å². The molecule has 0 aromatic heterocycles. The first-order valence-electron chi connectivity index (χ1n) is 10.4. The first-order valence-corrected chi connectivity index (χ1v) is 10.4. The van der Waals surface area contributed by atoms with Crippen LogP contribution in [-0.4, -0.2) is 75.0 Å². The highest BCUT2D eigenvalue weighted by atomic mass is 127. The summed E-state index contributed by atoms with van der Waals surface area (Å²) in [6, 6.07) is 0.475. The summed E-state index contributed by atoms with van der Waals surface area (Å²) in [5.41, 5.74) is -0.259. The molecule has 158 valence electrons. The monoisotopic (exact) mass is 493 g/mol. The zero-order valence-corrected chi connectivity index (χ0v) is 20.1. The van der Waals surface area contributed by atoms with Gasteiger partial charge >= 0.3 is 0 Å². The molecule has 2 aliphatic rings. The average Bonchev–Trinajstić information content (AvgIpc) is 3.13. The SMILES string of the molecule is CCCCN1CCC(NC(=NC)NCC2(C(=O)N(C)C)CCCC2)CC1.I. The standard InChI is InChI=1S/C20H39N5O.HI/c1-5-6-13-25-14-9-17(10-15-25)23-19(21-2)22-16-20(11-7-8-12-20)18(26)24(3)4;/h17H,5-16H2,1-4H3,(H2,21,22,23);1H. The molecule has 0 aromatic carbocycles. The number of hydrogen-bond donors (Lipinski definition) is 2. The van der Waals surface area contributed by atoms with Gasteiger partial charge in [0.1, 0.15) is 0 Å². The Labute approximate surface area is 182 Å². The van der Waals surface area contributed by atoms with E-state index in [4.69, 9.17) is 0 Å². The number of likely N-dealkylation sites (tertiary alicyclic amines) is 1. The highest BCUT2D eigenvalue weighted by Crippen LogP contribution is 2.38. The molecular weight excluding hydrogens is 453 g/mol. The summed E-state index contributed by atoms with van der Waals surface area (Å²) >= 11 is 0. The lowest BCUT2D eigenvalue weighted by atomic mass is 9.84. The summed E-state index contributed by atoms with van der Waals surface area (Å²) in [7, 11) is 5.55. The summed E-state index contributed by atoms with van der Waals surface area (Å²) in [5, 5.41) is 7.04. The zero-order valence-electron chi connectivity index (χ0n) is 17.7. The molecule has 0 aromatic rings. The van der Waals surface area contributed by atoms with Crippen LogP contribution in [0, 0.1) is 5.41 Å². The van der Waals surface area contributed by atoms with E-state index in [-0.39, 0.29) is 35.3 Å². The number of nitrogens with zero attached hydrogens (tertiary/aromatic N) is 3. The van der Waals surface area contributed by atoms with Crippen LogP contribution in [0.25, 0.3) is 0 Å². The molecule has 1 saturated heterocycles.